The van der Waals surface area contributed by atoms with Crippen molar-refractivity contribution < 1.29 is 14.0 Å². The van der Waals surface area contributed by atoms with Crippen molar-refractivity contribution in [2.75, 3.05) is 23.8 Å². The van der Waals surface area contributed by atoms with Gasteiger partial charge >= 0.3 is 0 Å². The van der Waals surface area contributed by atoms with Crippen LogP contribution in [0.4, 0.5) is 15.8 Å². The first kappa shape index (κ1) is 19.0. The highest BCUT2D eigenvalue weighted by atomic mass is 19.1. The summed E-state index contributed by atoms with van der Waals surface area (Å²) in [5.74, 6) is -0.284. The number of hydrogen-bond acceptors (Lipinski definition) is 3. The molecule has 5 nitrogen and oxygen atoms in total. The summed E-state index contributed by atoms with van der Waals surface area (Å²) in [4.78, 5) is 27.9. The first-order valence-corrected chi connectivity index (χ1v) is 9.10. The number of amides is 2. The predicted molar refractivity (Wildman–Crippen MR) is 104 cm³/mol. The second-order valence-corrected chi connectivity index (χ2v) is 6.91. The number of nitrogens with zero attached hydrogens (tertiary/aromatic N) is 2. The van der Waals surface area contributed by atoms with Gasteiger partial charge in [0.1, 0.15) is 5.82 Å². The van der Waals surface area contributed by atoms with Crippen molar-refractivity contribution in [3.63, 3.8) is 0 Å². The summed E-state index contributed by atoms with van der Waals surface area (Å²) in [7, 11) is 1.83. The van der Waals surface area contributed by atoms with Crippen molar-refractivity contribution in [3.8, 4) is 0 Å². The Kier molecular flexibility index (Phi) is 5.86. The van der Waals surface area contributed by atoms with Crippen LogP contribution in [0.1, 0.15) is 25.3 Å². The topological polar surface area (TPSA) is 52.7 Å². The molecule has 1 N–H and O–H groups in total. The van der Waals surface area contributed by atoms with Crippen LogP contribution in [0.15, 0.2) is 48.5 Å². The first-order chi connectivity index (χ1) is 12.9. The Bertz CT molecular complexity index is 822. The second-order valence-electron chi connectivity index (χ2n) is 6.91. The number of benzene rings is 2. The lowest BCUT2D eigenvalue weighted by molar-refractivity contribution is -0.120. The van der Waals surface area contributed by atoms with E-state index >= 15 is 0 Å². The highest BCUT2D eigenvalue weighted by molar-refractivity contribution is 5.97. The highest BCUT2D eigenvalue weighted by Crippen LogP contribution is 2.23. The third-order valence-electron chi connectivity index (χ3n) is 4.88. The van der Waals surface area contributed by atoms with Crippen molar-refractivity contribution in [2.24, 2.45) is 0 Å². The molecule has 6 heteroatoms. The SMILES string of the molecule is CC(C(=O)Nc1ccc(N2CCCC2=O)cc1)N(C)Cc1cccc(F)c1. The van der Waals surface area contributed by atoms with Crippen molar-refractivity contribution in [1.82, 2.24) is 4.90 Å². The third-order valence-corrected chi connectivity index (χ3v) is 4.88. The van der Waals surface area contributed by atoms with Gasteiger partial charge in [0.2, 0.25) is 11.8 Å². The van der Waals surface area contributed by atoms with Crippen molar-refractivity contribution in [2.45, 2.75) is 32.4 Å². The Balaban J connectivity index is 1.58. The van der Waals surface area contributed by atoms with Crippen LogP contribution in [-0.4, -0.2) is 36.3 Å². The van der Waals surface area contributed by atoms with Crippen LogP contribution in [0.25, 0.3) is 0 Å². The number of anilines is 2. The number of likely N-dealkylation sites (N-methyl/N-ethyl adjacent to an activating group) is 1. The zero-order chi connectivity index (χ0) is 19.4. The van der Waals surface area contributed by atoms with Crippen molar-refractivity contribution in [1.29, 1.82) is 0 Å². The molecule has 2 aromatic carbocycles. The molecule has 1 aliphatic heterocycles. The van der Waals surface area contributed by atoms with Crippen LogP contribution >= 0.6 is 0 Å². The predicted octanol–water partition coefficient (Wildman–Crippen LogP) is 3.41. The minimum atomic E-state index is -0.381. The number of hydrogen-bond donors (Lipinski definition) is 1. The minimum Gasteiger partial charge on any atom is -0.325 e. The molecule has 2 amide bonds. The summed E-state index contributed by atoms with van der Waals surface area (Å²) < 4.78 is 13.3. The summed E-state index contributed by atoms with van der Waals surface area (Å²) in [6.07, 6.45) is 1.47. The van der Waals surface area contributed by atoms with Crippen LogP contribution in [0.2, 0.25) is 0 Å². The van der Waals surface area contributed by atoms with Crippen LogP contribution in [0.5, 0.6) is 0 Å². The standard InChI is InChI=1S/C21H24FN3O2/c1-15(24(2)14-16-5-3-6-17(22)13-16)21(27)23-18-8-10-19(11-9-18)25-12-4-7-20(25)26/h3,5-6,8-11,13,15H,4,7,12,14H2,1-2H3,(H,23,27). The minimum absolute atomic E-state index is 0.138. The molecule has 1 unspecified atom stereocenters. The number of nitrogens with one attached hydrogen (secondary N) is 1. The Morgan fingerprint density at radius 3 is 2.63 bits per heavy atom. The first-order valence-electron chi connectivity index (χ1n) is 9.10. The van der Waals surface area contributed by atoms with Gasteiger partial charge in [0.05, 0.1) is 6.04 Å². The largest absolute Gasteiger partial charge is 0.325 e. The Hall–Kier alpha value is -2.73. The number of halogens is 1. The maximum Gasteiger partial charge on any atom is 0.241 e. The molecule has 0 aliphatic carbocycles. The summed E-state index contributed by atoms with van der Waals surface area (Å²) >= 11 is 0. The van der Waals surface area contributed by atoms with Gasteiger partial charge in [-0.15, -0.1) is 0 Å². The molecule has 1 atom stereocenters. The maximum atomic E-state index is 13.3. The normalized spacial score (nSPS) is 15.3. The number of rotatable bonds is 6. The van der Waals surface area contributed by atoms with E-state index in [0.717, 1.165) is 24.2 Å². The lowest BCUT2D eigenvalue weighted by atomic mass is 10.1. The average molecular weight is 369 g/mol. The monoisotopic (exact) mass is 369 g/mol. The molecule has 0 aromatic heterocycles. The van der Waals surface area contributed by atoms with Gasteiger partial charge in [-0.05, 0) is 62.4 Å². The van der Waals surface area contributed by atoms with Crippen molar-refractivity contribution >= 4 is 23.2 Å². The van der Waals surface area contributed by atoms with Crippen LogP contribution in [0, 0.1) is 5.82 Å². The molecular weight excluding hydrogens is 345 g/mol. The molecule has 0 bridgehead atoms. The molecule has 1 aliphatic rings. The molecule has 1 saturated heterocycles. The van der Waals surface area contributed by atoms with E-state index < -0.39 is 0 Å². The summed E-state index contributed by atoms with van der Waals surface area (Å²) in [6.45, 7) is 3.03. The molecule has 0 spiro atoms. The summed E-state index contributed by atoms with van der Waals surface area (Å²) in [6, 6.07) is 13.3. The van der Waals surface area contributed by atoms with Gasteiger partial charge in [0.15, 0.2) is 0 Å². The lowest BCUT2D eigenvalue weighted by Crippen LogP contribution is -2.39. The summed E-state index contributed by atoms with van der Waals surface area (Å²) in [5, 5.41) is 2.89. The van der Waals surface area contributed by atoms with E-state index in [2.05, 4.69) is 5.32 Å². The van der Waals surface area contributed by atoms with Gasteiger partial charge in [-0.2, -0.15) is 0 Å². The van der Waals surface area contributed by atoms with Gasteiger partial charge in [-0.25, -0.2) is 4.39 Å². The molecule has 27 heavy (non-hydrogen) atoms. The van der Waals surface area contributed by atoms with Gasteiger partial charge in [0.25, 0.3) is 0 Å². The maximum absolute atomic E-state index is 13.3. The molecular formula is C21H24FN3O2. The molecule has 1 heterocycles. The van der Waals surface area contributed by atoms with Gasteiger partial charge < -0.3 is 10.2 Å². The zero-order valence-electron chi connectivity index (χ0n) is 15.6. The van der Waals surface area contributed by atoms with Gasteiger partial charge in [-0.1, -0.05) is 12.1 Å². The Morgan fingerprint density at radius 2 is 2.00 bits per heavy atom. The van der Waals surface area contributed by atoms with E-state index in [1.165, 1.54) is 12.1 Å². The fourth-order valence-corrected chi connectivity index (χ4v) is 3.15. The number of carbonyl (C=O) groups is 2. The van der Waals surface area contributed by atoms with Crippen LogP contribution in [-0.2, 0) is 16.1 Å². The molecule has 1 fully saturated rings. The van der Waals surface area contributed by atoms with Crippen LogP contribution < -0.4 is 10.2 Å². The molecule has 142 valence electrons. The zero-order valence-corrected chi connectivity index (χ0v) is 15.6. The van der Waals surface area contributed by atoms with E-state index in [9.17, 15) is 14.0 Å². The van der Waals surface area contributed by atoms with Crippen LogP contribution in [0.3, 0.4) is 0 Å². The molecule has 3 rings (SSSR count). The lowest BCUT2D eigenvalue weighted by Gasteiger charge is -2.24. The highest BCUT2D eigenvalue weighted by Gasteiger charge is 2.22. The number of carbonyl (C=O) groups excluding carboxylic acids is 2. The Morgan fingerprint density at radius 1 is 1.26 bits per heavy atom. The smallest absolute Gasteiger partial charge is 0.241 e. The van der Waals surface area contributed by atoms with Gasteiger partial charge in [0, 0.05) is 30.9 Å². The van der Waals surface area contributed by atoms with Gasteiger partial charge in [-0.3, -0.25) is 14.5 Å². The van der Waals surface area contributed by atoms with Crippen molar-refractivity contribution in [3.05, 3.63) is 59.9 Å². The molecule has 0 radical (unpaired) electrons. The molecule has 2 aromatic rings. The molecule has 0 saturated carbocycles. The van der Waals surface area contributed by atoms with E-state index in [-0.39, 0.29) is 23.7 Å². The average Bonchev–Trinajstić information content (AvgIpc) is 3.07. The fraction of sp³-hybridized carbons (Fsp3) is 0.333. The second kappa shape index (κ2) is 8.31. The van der Waals surface area contributed by atoms with E-state index in [0.29, 0.717) is 18.7 Å². The quantitative estimate of drug-likeness (QED) is 0.849. The third kappa shape index (κ3) is 4.71. The fourth-order valence-electron chi connectivity index (χ4n) is 3.15. The van der Waals surface area contributed by atoms with E-state index in [4.69, 9.17) is 0 Å². The Labute approximate surface area is 158 Å². The summed E-state index contributed by atoms with van der Waals surface area (Å²) in [5.41, 5.74) is 2.35. The van der Waals surface area contributed by atoms with E-state index in [1.807, 2.05) is 37.1 Å². The van der Waals surface area contributed by atoms with E-state index in [1.54, 1.807) is 23.1 Å².